The van der Waals surface area contributed by atoms with Gasteiger partial charge in [0.2, 0.25) is 5.91 Å². The van der Waals surface area contributed by atoms with Gasteiger partial charge in [0.05, 0.1) is 19.2 Å². The summed E-state index contributed by atoms with van der Waals surface area (Å²) in [5.74, 6) is 0.0476. The van der Waals surface area contributed by atoms with E-state index in [9.17, 15) is 4.79 Å². The molecular formula is C14H23N3O2. The van der Waals surface area contributed by atoms with Gasteiger partial charge in [-0.25, -0.2) is 0 Å². The van der Waals surface area contributed by atoms with E-state index in [0.29, 0.717) is 13.2 Å². The van der Waals surface area contributed by atoms with Crippen LogP contribution in [0.2, 0.25) is 0 Å². The van der Waals surface area contributed by atoms with Gasteiger partial charge in [-0.05, 0) is 25.7 Å². The molecule has 1 heterocycles. The summed E-state index contributed by atoms with van der Waals surface area (Å²) in [5.41, 5.74) is -0.0354. The summed E-state index contributed by atoms with van der Waals surface area (Å²) in [5, 5.41) is 12.4. The smallest absolute Gasteiger partial charge is 0.237 e. The van der Waals surface area contributed by atoms with Crippen molar-refractivity contribution in [2.24, 2.45) is 0 Å². The van der Waals surface area contributed by atoms with E-state index in [1.54, 1.807) is 12.0 Å². The number of methoxy groups -OCH3 is 1. The molecule has 1 atom stereocenters. The highest BCUT2D eigenvalue weighted by Gasteiger charge is 2.35. The van der Waals surface area contributed by atoms with Crippen LogP contribution in [0.1, 0.15) is 38.5 Å². The molecular weight excluding hydrogens is 242 g/mol. The van der Waals surface area contributed by atoms with E-state index in [0.717, 1.165) is 32.2 Å². The average molecular weight is 265 g/mol. The quantitative estimate of drug-likeness (QED) is 0.807. The van der Waals surface area contributed by atoms with E-state index >= 15 is 0 Å². The Balaban J connectivity index is 1.87. The van der Waals surface area contributed by atoms with Crippen LogP contribution in [-0.4, -0.2) is 49.2 Å². The number of hydrogen-bond donors (Lipinski definition) is 1. The van der Waals surface area contributed by atoms with Crippen molar-refractivity contribution in [3.63, 3.8) is 0 Å². The van der Waals surface area contributed by atoms with Crippen LogP contribution >= 0.6 is 0 Å². The van der Waals surface area contributed by atoms with E-state index in [1.165, 1.54) is 12.8 Å². The van der Waals surface area contributed by atoms with Crippen LogP contribution in [0.15, 0.2) is 0 Å². The lowest BCUT2D eigenvalue weighted by molar-refractivity contribution is -0.130. The van der Waals surface area contributed by atoms with Gasteiger partial charge in [-0.15, -0.1) is 0 Å². The molecule has 1 saturated carbocycles. The van der Waals surface area contributed by atoms with E-state index in [-0.39, 0.29) is 17.5 Å². The monoisotopic (exact) mass is 265 g/mol. The fraction of sp³-hybridized carbons (Fsp3) is 0.857. The number of hydrogen-bond acceptors (Lipinski definition) is 4. The van der Waals surface area contributed by atoms with Crippen molar-refractivity contribution in [3.05, 3.63) is 0 Å². The number of carbonyl (C=O) groups excluding carboxylic acids is 1. The average Bonchev–Trinajstić information content (AvgIpc) is 3.05. The van der Waals surface area contributed by atoms with Gasteiger partial charge in [-0.1, -0.05) is 12.8 Å². The lowest BCUT2D eigenvalue weighted by Gasteiger charge is -2.30. The molecule has 19 heavy (non-hydrogen) atoms. The second-order valence-corrected chi connectivity index (χ2v) is 5.65. The molecule has 1 N–H and O–H groups in total. The molecule has 0 radical (unpaired) electrons. The molecule has 5 heteroatoms. The number of nitrogens with zero attached hydrogens (tertiary/aromatic N) is 2. The van der Waals surface area contributed by atoms with Crippen LogP contribution in [0, 0.1) is 11.3 Å². The van der Waals surface area contributed by atoms with Gasteiger partial charge in [0.25, 0.3) is 0 Å². The summed E-state index contributed by atoms with van der Waals surface area (Å²) >= 11 is 0. The Morgan fingerprint density at radius 3 is 2.84 bits per heavy atom. The SMILES string of the molecule is COCC1(NCC(=O)N2CCCC2C#N)CCCC1. The highest BCUT2D eigenvalue weighted by molar-refractivity contribution is 5.79. The van der Waals surface area contributed by atoms with Crippen molar-refractivity contribution in [3.8, 4) is 6.07 Å². The number of nitriles is 1. The summed E-state index contributed by atoms with van der Waals surface area (Å²) in [7, 11) is 1.70. The molecule has 1 aliphatic heterocycles. The molecule has 0 aromatic rings. The lowest BCUT2D eigenvalue weighted by Crippen LogP contribution is -2.51. The van der Waals surface area contributed by atoms with Gasteiger partial charge < -0.3 is 15.0 Å². The second kappa shape index (κ2) is 6.36. The zero-order valence-electron chi connectivity index (χ0n) is 11.7. The minimum absolute atomic E-state index is 0.0354. The third-order valence-corrected chi connectivity index (χ3v) is 4.32. The molecule has 1 unspecified atom stereocenters. The molecule has 0 aromatic carbocycles. The molecule has 0 aromatic heterocycles. The zero-order chi connectivity index (χ0) is 13.7. The summed E-state index contributed by atoms with van der Waals surface area (Å²) in [6.07, 6.45) is 6.26. The Kier molecular flexibility index (Phi) is 4.78. The first-order valence-corrected chi connectivity index (χ1v) is 7.14. The van der Waals surface area contributed by atoms with Gasteiger partial charge >= 0.3 is 0 Å². The Morgan fingerprint density at radius 1 is 1.47 bits per heavy atom. The topological polar surface area (TPSA) is 65.4 Å². The Bertz CT molecular complexity index is 358. The molecule has 1 aliphatic carbocycles. The number of amides is 1. The van der Waals surface area contributed by atoms with Gasteiger partial charge in [-0.2, -0.15) is 5.26 Å². The van der Waals surface area contributed by atoms with E-state index in [2.05, 4.69) is 11.4 Å². The molecule has 1 saturated heterocycles. The van der Waals surface area contributed by atoms with Crippen LogP contribution in [-0.2, 0) is 9.53 Å². The maximum absolute atomic E-state index is 12.2. The van der Waals surface area contributed by atoms with Gasteiger partial charge in [-0.3, -0.25) is 4.79 Å². The van der Waals surface area contributed by atoms with E-state index < -0.39 is 0 Å². The maximum Gasteiger partial charge on any atom is 0.237 e. The molecule has 5 nitrogen and oxygen atoms in total. The number of rotatable bonds is 5. The largest absolute Gasteiger partial charge is 0.383 e. The van der Waals surface area contributed by atoms with Gasteiger partial charge in [0, 0.05) is 19.2 Å². The van der Waals surface area contributed by atoms with E-state index in [1.807, 2.05) is 0 Å². The maximum atomic E-state index is 12.2. The first-order chi connectivity index (χ1) is 9.21. The highest BCUT2D eigenvalue weighted by Crippen LogP contribution is 2.29. The number of carbonyl (C=O) groups is 1. The fourth-order valence-corrected chi connectivity index (χ4v) is 3.26. The van der Waals surface area contributed by atoms with Crippen molar-refractivity contribution >= 4 is 5.91 Å². The Labute approximate surface area is 114 Å². The first-order valence-electron chi connectivity index (χ1n) is 7.14. The fourth-order valence-electron chi connectivity index (χ4n) is 3.26. The molecule has 106 valence electrons. The summed E-state index contributed by atoms with van der Waals surface area (Å²) in [4.78, 5) is 13.9. The molecule has 0 bridgehead atoms. The van der Waals surface area contributed by atoms with Crippen LogP contribution in [0.5, 0.6) is 0 Å². The van der Waals surface area contributed by atoms with Crippen LogP contribution in [0.3, 0.4) is 0 Å². The normalized spacial score (nSPS) is 25.5. The molecule has 2 rings (SSSR count). The van der Waals surface area contributed by atoms with Crippen molar-refractivity contribution in [2.45, 2.75) is 50.1 Å². The zero-order valence-corrected chi connectivity index (χ0v) is 11.7. The van der Waals surface area contributed by atoms with Crippen LogP contribution in [0.25, 0.3) is 0 Å². The minimum Gasteiger partial charge on any atom is -0.383 e. The molecule has 0 spiro atoms. The van der Waals surface area contributed by atoms with Crippen molar-refractivity contribution in [1.29, 1.82) is 5.26 Å². The predicted molar refractivity (Wildman–Crippen MR) is 71.4 cm³/mol. The third-order valence-electron chi connectivity index (χ3n) is 4.32. The minimum atomic E-state index is -0.226. The van der Waals surface area contributed by atoms with Gasteiger partial charge in [0.15, 0.2) is 0 Å². The molecule has 2 aliphatic rings. The van der Waals surface area contributed by atoms with Crippen molar-refractivity contribution < 1.29 is 9.53 Å². The number of likely N-dealkylation sites (tertiary alicyclic amines) is 1. The van der Waals surface area contributed by atoms with Crippen LogP contribution < -0.4 is 5.32 Å². The standard InChI is InChI=1S/C14H23N3O2/c1-19-11-14(6-2-3-7-14)16-10-13(18)17-8-4-5-12(17)9-15/h12,16H,2-8,10-11H2,1H3. The summed E-state index contributed by atoms with van der Waals surface area (Å²) in [6.45, 7) is 1.69. The van der Waals surface area contributed by atoms with Gasteiger partial charge in [0.1, 0.15) is 6.04 Å². The summed E-state index contributed by atoms with van der Waals surface area (Å²) < 4.78 is 5.29. The first kappa shape index (κ1) is 14.3. The second-order valence-electron chi connectivity index (χ2n) is 5.65. The predicted octanol–water partition coefficient (Wildman–Crippen LogP) is 1.05. The number of nitrogens with one attached hydrogen (secondary N) is 1. The summed E-state index contributed by atoms with van der Waals surface area (Å²) in [6, 6.07) is 1.98. The lowest BCUT2D eigenvalue weighted by atomic mass is 9.99. The Hall–Kier alpha value is -1.12. The highest BCUT2D eigenvalue weighted by atomic mass is 16.5. The Morgan fingerprint density at radius 2 is 2.21 bits per heavy atom. The molecule has 2 fully saturated rings. The van der Waals surface area contributed by atoms with Crippen molar-refractivity contribution in [2.75, 3.05) is 26.8 Å². The van der Waals surface area contributed by atoms with Crippen LogP contribution in [0.4, 0.5) is 0 Å². The number of ether oxygens (including phenoxy) is 1. The molecule has 1 amide bonds. The third kappa shape index (κ3) is 3.26. The van der Waals surface area contributed by atoms with Crippen molar-refractivity contribution in [1.82, 2.24) is 10.2 Å². The van der Waals surface area contributed by atoms with E-state index in [4.69, 9.17) is 10.00 Å².